The molecule has 0 aliphatic rings. The molecule has 0 spiro atoms. The molecule has 176 valence electrons. The van der Waals surface area contributed by atoms with Crippen molar-refractivity contribution in [3.8, 4) is 11.4 Å². The highest BCUT2D eigenvalue weighted by Crippen LogP contribution is 2.34. The summed E-state index contributed by atoms with van der Waals surface area (Å²) in [6, 6.07) is 11.7. The molecule has 34 heavy (non-hydrogen) atoms. The molecule has 2 aromatic heterocycles. The fourth-order valence-electron chi connectivity index (χ4n) is 3.86. The lowest BCUT2D eigenvalue weighted by atomic mass is 9.89. The number of halogens is 1. The first-order valence-corrected chi connectivity index (χ1v) is 10.7. The number of benzene rings is 2. The lowest BCUT2D eigenvalue weighted by Gasteiger charge is -2.30. The molecule has 0 aliphatic heterocycles. The predicted molar refractivity (Wildman–Crippen MR) is 126 cm³/mol. The van der Waals surface area contributed by atoms with Gasteiger partial charge in [0.25, 0.3) is 0 Å². The fourth-order valence-corrected chi connectivity index (χ4v) is 3.86. The fraction of sp³-hybridized carbons (Fsp3) is 0.240. The van der Waals surface area contributed by atoms with Crippen LogP contribution in [0.1, 0.15) is 34.9 Å². The molecule has 0 saturated carbocycles. The maximum Gasteiger partial charge on any atom is 0.174 e. The molecule has 0 radical (unpaired) electrons. The minimum absolute atomic E-state index is 0.153. The van der Waals surface area contributed by atoms with Crippen LogP contribution in [0.4, 0.5) is 4.39 Å². The number of hydrogen-bond acceptors (Lipinski definition) is 6. The zero-order chi connectivity index (χ0) is 24.1. The predicted octanol–water partition coefficient (Wildman–Crippen LogP) is 3.89. The zero-order valence-corrected chi connectivity index (χ0v) is 19.2. The first-order chi connectivity index (χ1) is 16.5. The Morgan fingerprint density at radius 2 is 1.94 bits per heavy atom. The van der Waals surface area contributed by atoms with E-state index < -0.39 is 5.60 Å². The van der Waals surface area contributed by atoms with Crippen LogP contribution in [0.25, 0.3) is 17.8 Å². The highest BCUT2D eigenvalue weighted by atomic mass is 19.1. The first kappa shape index (κ1) is 23.3. The number of aliphatic hydroxyl groups is 1. The van der Waals surface area contributed by atoms with Crippen LogP contribution in [0.5, 0.6) is 5.75 Å². The maximum atomic E-state index is 13.5. The highest BCUT2D eigenvalue weighted by Gasteiger charge is 2.37. The zero-order valence-electron chi connectivity index (χ0n) is 19.2. The molecule has 4 rings (SSSR count). The second-order valence-electron chi connectivity index (χ2n) is 7.74. The third-order valence-electron chi connectivity index (χ3n) is 5.63. The van der Waals surface area contributed by atoms with Gasteiger partial charge in [0.15, 0.2) is 17.2 Å². The molecule has 2 heterocycles. The second-order valence-corrected chi connectivity index (χ2v) is 7.74. The van der Waals surface area contributed by atoms with Crippen molar-refractivity contribution >= 4 is 12.2 Å². The van der Waals surface area contributed by atoms with Crippen LogP contribution in [0.3, 0.4) is 0 Å². The number of hydrogen-bond donors (Lipinski definition) is 2. The van der Waals surface area contributed by atoms with E-state index in [0.29, 0.717) is 23.0 Å². The molecule has 9 heteroatoms. The molecule has 0 aliphatic carbocycles. The van der Waals surface area contributed by atoms with Crippen LogP contribution >= 0.6 is 0 Å². The summed E-state index contributed by atoms with van der Waals surface area (Å²) in [7, 11) is 3.14. The minimum Gasteiger partial charge on any atom is -0.495 e. The Hall–Kier alpha value is -3.82. The Morgan fingerprint density at radius 1 is 1.15 bits per heavy atom. The number of methoxy groups -OCH3 is 2. The number of aliphatic hydroxyl groups excluding tert-OH is 1. The lowest BCUT2D eigenvalue weighted by Crippen LogP contribution is -2.32. The number of aromatic nitrogens is 5. The molecule has 0 bridgehead atoms. The van der Waals surface area contributed by atoms with Crippen molar-refractivity contribution in [2.75, 3.05) is 20.8 Å². The van der Waals surface area contributed by atoms with Crippen molar-refractivity contribution in [3.05, 3.63) is 89.3 Å². The van der Waals surface area contributed by atoms with Gasteiger partial charge in [0.05, 0.1) is 24.8 Å². The van der Waals surface area contributed by atoms with Crippen LogP contribution in [-0.2, 0) is 10.3 Å². The molecule has 1 atom stereocenters. The number of aryl methyl sites for hydroxylation is 1. The van der Waals surface area contributed by atoms with Gasteiger partial charge in [-0.2, -0.15) is 5.10 Å². The number of nitrogens with one attached hydrogen (secondary N) is 1. The van der Waals surface area contributed by atoms with E-state index in [4.69, 9.17) is 9.47 Å². The van der Waals surface area contributed by atoms with Gasteiger partial charge >= 0.3 is 0 Å². The van der Waals surface area contributed by atoms with E-state index in [0.717, 1.165) is 16.9 Å². The number of imidazole rings is 1. The van der Waals surface area contributed by atoms with Gasteiger partial charge in [-0.3, -0.25) is 5.10 Å². The number of ether oxygens (including phenoxy) is 2. The van der Waals surface area contributed by atoms with Gasteiger partial charge in [-0.1, -0.05) is 24.3 Å². The summed E-state index contributed by atoms with van der Waals surface area (Å²) in [6.07, 6.45) is 7.53. The first-order valence-electron chi connectivity index (χ1n) is 10.7. The Kier molecular flexibility index (Phi) is 6.85. The topological polar surface area (TPSA) is 98.1 Å². The summed E-state index contributed by atoms with van der Waals surface area (Å²) >= 11 is 0. The second kappa shape index (κ2) is 9.98. The third-order valence-corrected chi connectivity index (χ3v) is 5.63. The van der Waals surface area contributed by atoms with Gasteiger partial charge < -0.3 is 19.1 Å². The normalized spacial score (nSPS) is 13.3. The Morgan fingerprint density at radius 3 is 2.59 bits per heavy atom. The maximum absolute atomic E-state index is 13.5. The van der Waals surface area contributed by atoms with Crippen LogP contribution < -0.4 is 4.74 Å². The monoisotopic (exact) mass is 463 g/mol. The van der Waals surface area contributed by atoms with Crippen molar-refractivity contribution < 1.29 is 19.0 Å². The standard InChI is InChI=1S/C25H26FN5O3/c1-17-15-31(16-27-17)21-10-4-18(14-22(21)33-2)5-11-23-28-24(30-29-23)25(34-3,12-13-32)19-6-8-20(26)9-7-19/h4-11,14-16,32H,12-13H2,1-3H3,(H,28,29,30). The summed E-state index contributed by atoms with van der Waals surface area (Å²) < 4.78 is 26.7. The van der Waals surface area contributed by atoms with Gasteiger partial charge in [-0.25, -0.2) is 14.4 Å². The van der Waals surface area contributed by atoms with Gasteiger partial charge in [0.1, 0.15) is 11.6 Å². The Bertz CT molecular complexity index is 1280. The number of rotatable bonds is 9. The van der Waals surface area contributed by atoms with Crippen molar-refractivity contribution in [2.24, 2.45) is 0 Å². The average molecular weight is 464 g/mol. The quantitative estimate of drug-likeness (QED) is 0.391. The van der Waals surface area contributed by atoms with E-state index in [9.17, 15) is 9.50 Å². The number of aromatic amines is 1. The molecule has 0 amide bonds. The smallest absolute Gasteiger partial charge is 0.174 e. The molecule has 2 N–H and O–H groups in total. The van der Waals surface area contributed by atoms with E-state index in [2.05, 4.69) is 20.2 Å². The minimum atomic E-state index is -1.09. The van der Waals surface area contributed by atoms with E-state index in [1.807, 2.05) is 42.0 Å². The number of H-pyrrole nitrogens is 1. The lowest BCUT2D eigenvalue weighted by molar-refractivity contribution is -0.00525. The molecule has 8 nitrogen and oxygen atoms in total. The Balaban J connectivity index is 1.61. The van der Waals surface area contributed by atoms with Crippen LogP contribution in [-0.4, -0.2) is 50.7 Å². The van der Waals surface area contributed by atoms with Gasteiger partial charge in [0, 0.05) is 26.3 Å². The summed E-state index contributed by atoms with van der Waals surface area (Å²) in [4.78, 5) is 8.83. The highest BCUT2D eigenvalue weighted by molar-refractivity contribution is 5.69. The van der Waals surface area contributed by atoms with Crippen LogP contribution in [0.15, 0.2) is 55.0 Å². The molecular formula is C25H26FN5O3. The van der Waals surface area contributed by atoms with Gasteiger partial charge in [0.2, 0.25) is 0 Å². The van der Waals surface area contributed by atoms with E-state index >= 15 is 0 Å². The summed E-state index contributed by atoms with van der Waals surface area (Å²) in [5.74, 6) is 1.19. The van der Waals surface area contributed by atoms with E-state index in [1.54, 1.807) is 31.6 Å². The molecule has 0 fully saturated rings. The summed E-state index contributed by atoms with van der Waals surface area (Å²) in [6.45, 7) is 1.78. The molecule has 2 aromatic carbocycles. The molecular weight excluding hydrogens is 437 g/mol. The summed E-state index contributed by atoms with van der Waals surface area (Å²) in [5.41, 5.74) is 2.27. The number of nitrogens with zero attached hydrogens (tertiary/aromatic N) is 4. The summed E-state index contributed by atoms with van der Waals surface area (Å²) in [5, 5.41) is 16.9. The van der Waals surface area contributed by atoms with Crippen LogP contribution in [0, 0.1) is 12.7 Å². The van der Waals surface area contributed by atoms with E-state index in [-0.39, 0.29) is 18.8 Å². The van der Waals surface area contributed by atoms with Crippen molar-refractivity contribution in [2.45, 2.75) is 18.9 Å². The van der Waals surface area contributed by atoms with Crippen molar-refractivity contribution in [3.63, 3.8) is 0 Å². The largest absolute Gasteiger partial charge is 0.495 e. The molecule has 0 saturated heterocycles. The third kappa shape index (κ3) is 4.61. The van der Waals surface area contributed by atoms with Crippen molar-refractivity contribution in [1.29, 1.82) is 0 Å². The molecule has 4 aromatic rings. The molecule has 1 unspecified atom stereocenters. The van der Waals surface area contributed by atoms with E-state index in [1.165, 1.54) is 19.2 Å². The Labute approximate surface area is 196 Å². The van der Waals surface area contributed by atoms with Crippen molar-refractivity contribution in [1.82, 2.24) is 24.7 Å². The SMILES string of the molecule is COc1cc(C=Cc2n[nH]c(C(CCO)(OC)c3ccc(F)cc3)n2)ccc1-n1cnc(C)c1. The van der Waals surface area contributed by atoms with Gasteiger partial charge in [-0.15, -0.1) is 0 Å². The van der Waals surface area contributed by atoms with Gasteiger partial charge in [-0.05, 0) is 48.4 Å². The van der Waals surface area contributed by atoms with Crippen LogP contribution in [0.2, 0.25) is 0 Å². The average Bonchev–Trinajstić information content (AvgIpc) is 3.51.